The molecule has 0 aromatic carbocycles. The first-order chi connectivity index (χ1) is 10.4. The summed E-state index contributed by atoms with van der Waals surface area (Å²) in [6.45, 7) is -0.579. The van der Waals surface area contributed by atoms with Crippen molar-refractivity contribution < 1.29 is 41.3 Å². The van der Waals surface area contributed by atoms with E-state index in [1.807, 2.05) is 0 Å². The molecule has 4 nitrogen and oxygen atoms in total. The molecule has 0 aromatic rings. The molecule has 2 saturated carbocycles. The first-order valence-corrected chi connectivity index (χ1v) is 7.45. The fourth-order valence-electron chi connectivity index (χ4n) is 3.97. The third-order valence-corrected chi connectivity index (χ3v) is 5.40. The van der Waals surface area contributed by atoms with Crippen LogP contribution in [0.3, 0.4) is 0 Å². The lowest BCUT2D eigenvalue weighted by atomic mass is 9.88. The van der Waals surface area contributed by atoms with Crippen LogP contribution in [-0.4, -0.2) is 41.2 Å². The maximum atomic E-state index is 14.2. The van der Waals surface area contributed by atoms with Gasteiger partial charge in [0.15, 0.2) is 0 Å². The van der Waals surface area contributed by atoms with Crippen LogP contribution in [0.5, 0.6) is 0 Å². The number of carbonyl (C=O) groups excluding carboxylic acids is 1. The molecule has 23 heavy (non-hydrogen) atoms. The number of aliphatic hydroxyl groups is 1. The summed E-state index contributed by atoms with van der Waals surface area (Å²) in [4.78, 5) is 12.2. The van der Waals surface area contributed by atoms with Gasteiger partial charge >= 0.3 is 23.9 Å². The number of hydrogen-bond donors (Lipinski definition) is 1. The van der Waals surface area contributed by atoms with Crippen molar-refractivity contribution >= 4 is 5.97 Å². The van der Waals surface area contributed by atoms with Gasteiger partial charge in [-0.25, -0.2) is 0 Å². The van der Waals surface area contributed by atoms with Crippen molar-refractivity contribution in [1.82, 2.24) is 0 Å². The zero-order chi connectivity index (χ0) is 17.3. The van der Waals surface area contributed by atoms with E-state index in [0.717, 1.165) is 19.3 Å². The smallest absolute Gasteiger partial charge is 0.449 e. The number of fused-ring (bicyclic) bond motifs is 2. The molecular formula is C14H17F5O4. The van der Waals surface area contributed by atoms with Gasteiger partial charge in [0.05, 0.1) is 12.5 Å². The number of alkyl halides is 5. The fraction of sp³-hybridized carbons (Fsp3) is 0.929. The zero-order valence-corrected chi connectivity index (χ0v) is 12.3. The Balaban J connectivity index is 1.78. The average Bonchev–Trinajstić information content (AvgIpc) is 3.09. The summed E-state index contributed by atoms with van der Waals surface area (Å²) in [5.74, 6) is -10.6. The van der Waals surface area contributed by atoms with E-state index in [2.05, 4.69) is 4.74 Å². The monoisotopic (exact) mass is 344 g/mol. The lowest BCUT2D eigenvalue weighted by Crippen LogP contribution is -2.63. The number of esters is 1. The summed E-state index contributed by atoms with van der Waals surface area (Å²) >= 11 is 0. The van der Waals surface area contributed by atoms with E-state index >= 15 is 0 Å². The number of hydrogen-bond acceptors (Lipinski definition) is 4. The highest BCUT2D eigenvalue weighted by atomic mass is 19.4. The normalized spacial score (nSPS) is 45.4. The summed E-state index contributed by atoms with van der Waals surface area (Å²) in [6.07, 6.45) is -2.63. The second-order valence-corrected chi connectivity index (χ2v) is 6.94. The Morgan fingerprint density at radius 2 is 1.91 bits per heavy atom. The molecular weight excluding hydrogens is 327 g/mol. The molecule has 3 rings (SSSR count). The van der Waals surface area contributed by atoms with Crippen LogP contribution in [0.1, 0.15) is 32.6 Å². The number of halogens is 5. The molecule has 1 heterocycles. The van der Waals surface area contributed by atoms with Gasteiger partial charge in [-0.2, -0.15) is 22.0 Å². The first-order valence-electron chi connectivity index (χ1n) is 7.45. The Bertz CT molecular complexity index is 522. The van der Waals surface area contributed by atoms with Gasteiger partial charge in [-0.3, -0.25) is 4.79 Å². The maximum absolute atomic E-state index is 14.2. The number of ether oxygens (including phenoxy) is 2. The van der Waals surface area contributed by atoms with Crippen LogP contribution in [0.15, 0.2) is 0 Å². The summed E-state index contributed by atoms with van der Waals surface area (Å²) in [7, 11) is 0. The van der Waals surface area contributed by atoms with Crippen LogP contribution in [-0.2, 0) is 14.3 Å². The first kappa shape index (κ1) is 16.9. The topological polar surface area (TPSA) is 55.8 Å². The van der Waals surface area contributed by atoms with E-state index in [1.165, 1.54) is 0 Å². The molecule has 0 aromatic heterocycles. The van der Waals surface area contributed by atoms with Crippen molar-refractivity contribution in [3.8, 4) is 0 Å². The van der Waals surface area contributed by atoms with E-state index in [4.69, 9.17) is 4.74 Å². The van der Waals surface area contributed by atoms with E-state index < -0.39 is 42.0 Å². The van der Waals surface area contributed by atoms with Gasteiger partial charge in [-0.15, -0.1) is 0 Å². The molecule has 0 spiro atoms. The molecule has 132 valence electrons. The number of carbonyl (C=O) groups is 1. The van der Waals surface area contributed by atoms with Crippen LogP contribution in [0, 0.1) is 17.8 Å². The van der Waals surface area contributed by atoms with Crippen molar-refractivity contribution in [2.75, 3.05) is 6.61 Å². The van der Waals surface area contributed by atoms with Crippen molar-refractivity contribution in [3.05, 3.63) is 0 Å². The lowest BCUT2D eigenvalue weighted by molar-refractivity contribution is -0.409. The number of rotatable bonds is 2. The van der Waals surface area contributed by atoms with Crippen molar-refractivity contribution in [3.63, 3.8) is 0 Å². The van der Waals surface area contributed by atoms with Crippen molar-refractivity contribution in [2.45, 2.75) is 56.1 Å². The fourth-order valence-corrected chi connectivity index (χ4v) is 3.97. The van der Waals surface area contributed by atoms with E-state index in [1.54, 1.807) is 0 Å². The molecule has 3 aliphatic rings. The molecule has 2 bridgehead atoms. The van der Waals surface area contributed by atoms with E-state index in [9.17, 15) is 31.9 Å². The molecule has 1 aliphatic heterocycles. The summed E-state index contributed by atoms with van der Waals surface area (Å²) < 4.78 is 75.4. The van der Waals surface area contributed by atoms with Crippen LogP contribution >= 0.6 is 0 Å². The van der Waals surface area contributed by atoms with Gasteiger partial charge < -0.3 is 14.6 Å². The molecule has 0 amide bonds. The standard InChI is InChI=1S/C14H17F5O4/c1-11(6-22-13(21,12(11,15)16)14(17,18)19)23-10(20)9-5-7-2-3-8(9)4-7/h7-9,21H,2-6H2,1H3/t7?,8?,9-,11?,13?/m0/s1. The lowest BCUT2D eigenvalue weighted by Gasteiger charge is -2.36. The van der Waals surface area contributed by atoms with Gasteiger partial charge in [0.2, 0.25) is 5.60 Å². The van der Waals surface area contributed by atoms with E-state index in [0.29, 0.717) is 19.3 Å². The molecule has 0 radical (unpaired) electrons. The van der Waals surface area contributed by atoms with Crippen LogP contribution < -0.4 is 0 Å². The average molecular weight is 344 g/mol. The minimum atomic E-state index is -5.72. The van der Waals surface area contributed by atoms with Crippen LogP contribution in [0.25, 0.3) is 0 Å². The third-order valence-electron chi connectivity index (χ3n) is 5.40. The van der Waals surface area contributed by atoms with Gasteiger partial charge in [-0.05, 0) is 38.0 Å². The van der Waals surface area contributed by atoms with Crippen LogP contribution in [0.2, 0.25) is 0 Å². The summed E-state index contributed by atoms with van der Waals surface area (Å²) in [6, 6.07) is 0. The zero-order valence-electron chi connectivity index (χ0n) is 12.3. The Morgan fingerprint density at radius 1 is 1.26 bits per heavy atom. The van der Waals surface area contributed by atoms with Gasteiger partial charge in [0.25, 0.3) is 0 Å². The van der Waals surface area contributed by atoms with Crippen molar-refractivity contribution in [2.24, 2.45) is 17.8 Å². The maximum Gasteiger partial charge on any atom is 0.449 e. The minimum absolute atomic E-state index is 0.0357. The predicted molar refractivity (Wildman–Crippen MR) is 65.3 cm³/mol. The Labute approximate surface area is 128 Å². The molecule has 5 atom stereocenters. The highest BCUT2D eigenvalue weighted by Gasteiger charge is 2.82. The minimum Gasteiger partial charge on any atom is -0.450 e. The highest BCUT2D eigenvalue weighted by molar-refractivity contribution is 5.74. The second-order valence-electron chi connectivity index (χ2n) is 6.94. The SMILES string of the molecule is CC1(OC(=O)[C@H]2CC3CCC2C3)COC(O)(C(F)(F)F)C1(F)F. The molecule has 4 unspecified atom stereocenters. The van der Waals surface area contributed by atoms with Crippen molar-refractivity contribution in [1.29, 1.82) is 0 Å². The quantitative estimate of drug-likeness (QED) is 0.618. The summed E-state index contributed by atoms with van der Waals surface area (Å²) in [5.41, 5.74) is -2.86. The van der Waals surface area contributed by atoms with Gasteiger partial charge in [0.1, 0.15) is 0 Å². The van der Waals surface area contributed by atoms with Gasteiger partial charge in [0, 0.05) is 0 Å². The van der Waals surface area contributed by atoms with E-state index in [-0.39, 0.29) is 5.92 Å². The molecule has 9 heteroatoms. The molecule has 3 fully saturated rings. The van der Waals surface area contributed by atoms with Crippen LogP contribution in [0.4, 0.5) is 22.0 Å². The molecule has 1 saturated heterocycles. The second kappa shape index (κ2) is 4.78. The molecule has 2 aliphatic carbocycles. The predicted octanol–water partition coefficient (Wildman–Crippen LogP) is 2.64. The summed E-state index contributed by atoms with van der Waals surface area (Å²) in [5, 5.41) is 9.29. The largest absolute Gasteiger partial charge is 0.450 e. The highest BCUT2D eigenvalue weighted by Crippen LogP contribution is 2.55. The third kappa shape index (κ3) is 2.19. The Hall–Kier alpha value is -0.960. The Kier molecular flexibility index (Phi) is 3.51. The molecule has 1 N–H and O–H groups in total. The Morgan fingerprint density at radius 3 is 2.35 bits per heavy atom. The van der Waals surface area contributed by atoms with Gasteiger partial charge in [-0.1, -0.05) is 6.42 Å².